The molecule has 1 atom stereocenters. The lowest BCUT2D eigenvalue weighted by Crippen LogP contribution is -2.44. The lowest BCUT2D eigenvalue weighted by Gasteiger charge is -2.15. The van der Waals surface area contributed by atoms with Gasteiger partial charge in [0.1, 0.15) is 10.8 Å². The average molecular weight is 543 g/mol. The predicted molar refractivity (Wildman–Crippen MR) is 145 cm³/mol. The van der Waals surface area contributed by atoms with Crippen LogP contribution in [-0.4, -0.2) is 35.2 Å². The fourth-order valence-electron chi connectivity index (χ4n) is 4.57. The largest absolute Gasteiger partial charge is 0.497 e. The zero-order chi connectivity index (χ0) is 27.1. The van der Waals surface area contributed by atoms with Crippen LogP contribution in [0.4, 0.5) is 5.69 Å². The van der Waals surface area contributed by atoms with Crippen LogP contribution in [0.1, 0.15) is 17.7 Å². The van der Waals surface area contributed by atoms with E-state index in [0.29, 0.717) is 17.1 Å². The molecule has 10 nitrogen and oxygen atoms in total. The second-order valence-corrected chi connectivity index (χ2v) is 10.2. The number of ether oxygens (including phenoxy) is 1. The van der Waals surface area contributed by atoms with E-state index in [1.54, 1.807) is 54.8 Å². The van der Waals surface area contributed by atoms with Gasteiger partial charge < -0.3 is 4.74 Å². The minimum atomic E-state index is -0.775. The van der Waals surface area contributed by atoms with Crippen LogP contribution in [0.3, 0.4) is 0 Å². The molecule has 39 heavy (non-hydrogen) atoms. The molecule has 1 unspecified atom stereocenters. The molecule has 1 aliphatic rings. The second-order valence-electron chi connectivity index (χ2n) is 9.20. The van der Waals surface area contributed by atoms with Gasteiger partial charge in [-0.05, 0) is 71.0 Å². The summed E-state index contributed by atoms with van der Waals surface area (Å²) in [5.41, 5.74) is 3.85. The Kier molecular flexibility index (Phi) is 6.29. The summed E-state index contributed by atoms with van der Waals surface area (Å²) in [7, 11) is 1.57. The summed E-state index contributed by atoms with van der Waals surface area (Å²) < 4.78 is 12.7. The monoisotopic (exact) mass is 542 g/mol. The van der Waals surface area contributed by atoms with Gasteiger partial charge in [-0.15, -0.1) is 11.3 Å². The predicted octanol–water partition coefficient (Wildman–Crippen LogP) is 3.26. The van der Waals surface area contributed by atoms with Gasteiger partial charge in [-0.2, -0.15) is 0 Å². The van der Waals surface area contributed by atoms with Crippen LogP contribution in [0.15, 0.2) is 76.0 Å². The number of carbonyl (C=O) groups excluding carboxylic acids is 2. The molecule has 0 bridgehead atoms. The molecule has 11 heteroatoms. The Labute approximate surface area is 226 Å². The fraction of sp³-hybridized carbons (Fsp3) is 0.179. The summed E-state index contributed by atoms with van der Waals surface area (Å²) in [4.78, 5) is 44.3. The maximum atomic E-state index is 13.2. The molecule has 0 spiro atoms. The second kappa shape index (κ2) is 9.93. The molecule has 196 valence electrons. The van der Waals surface area contributed by atoms with Gasteiger partial charge in [-0.3, -0.25) is 19.4 Å². The number of nitrogens with zero attached hydrogens (tertiary/aromatic N) is 3. The van der Waals surface area contributed by atoms with Gasteiger partial charge in [-0.25, -0.2) is 14.7 Å². The van der Waals surface area contributed by atoms with E-state index in [4.69, 9.17) is 14.2 Å². The van der Waals surface area contributed by atoms with Crippen molar-refractivity contribution in [2.24, 2.45) is 0 Å². The molecule has 2 N–H and O–H groups in total. The SMILES string of the molecule is COc1ccc(-[n+]2[nH]oc(=O)c2CNC2CC(=O)N(c3ccc(-c4nc5ccc(C)cc5s4)cc3)C2=O)cc1. The molecular formula is C28H24N5O5S+. The number of aromatic nitrogens is 3. The van der Waals surface area contributed by atoms with E-state index in [-0.39, 0.29) is 30.5 Å². The van der Waals surface area contributed by atoms with E-state index in [1.165, 1.54) is 15.1 Å². The average Bonchev–Trinajstić information content (AvgIpc) is 3.62. The molecule has 2 aromatic heterocycles. The zero-order valence-electron chi connectivity index (χ0n) is 21.1. The number of aryl methyl sites for hydroxylation is 1. The summed E-state index contributed by atoms with van der Waals surface area (Å²) in [6, 6.07) is 19.6. The van der Waals surface area contributed by atoms with Crippen LogP contribution in [0.2, 0.25) is 0 Å². The highest BCUT2D eigenvalue weighted by Gasteiger charge is 2.40. The highest BCUT2D eigenvalue weighted by atomic mass is 32.1. The molecule has 1 saturated heterocycles. The number of hydrogen-bond acceptors (Lipinski definition) is 8. The zero-order valence-corrected chi connectivity index (χ0v) is 22.0. The fourth-order valence-corrected chi connectivity index (χ4v) is 5.64. The van der Waals surface area contributed by atoms with Crippen molar-refractivity contribution in [1.82, 2.24) is 15.6 Å². The Morgan fingerprint density at radius 2 is 1.87 bits per heavy atom. The van der Waals surface area contributed by atoms with Crippen LogP contribution in [0, 0.1) is 6.92 Å². The molecule has 2 amide bonds. The molecule has 1 aliphatic heterocycles. The van der Waals surface area contributed by atoms with E-state index in [2.05, 4.69) is 16.7 Å². The molecule has 0 aliphatic carbocycles. The first-order valence-electron chi connectivity index (χ1n) is 12.3. The number of rotatable bonds is 7. The molecule has 5 aromatic rings. The lowest BCUT2D eigenvalue weighted by molar-refractivity contribution is -0.677. The van der Waals surface area contributed by atoms with Gasteiger partial charge in [0.05, 0.1) is 42.0 Å². The topological polar surface area (TPSA) is 121 Å². The van der Waals surface area contributed by atoms with E-state index in [1.807, 2.05) is 31.2 Å². The van der Waals surface area contributed by atoms with E-state index < -0.39 is 11.7 Å². The Morgan fingerprint density at radius 3 is 2.62 bits per heavy atom. The maximum Gasteiger partial charge on any atom is 0.431 e. The number of nitrogens with one attached hydrogen (secondary N) is 2. The molecule has 1 fully saturated rings. The first kappa shape index (κ1) is 24.7. The Morgan fingerprint density at radius 1 is 1.10 bits per heavy atom. The van der Waals surface area contributed by atoms with Crippen LogP contribution in [-0.2, 0) is 16.1 Å². The number of benzene rings is 3. The van der Waals surface area contributed by atoms with Crippen molar-refractivity contribution in [2.45, 2.75) is 25.9 Å². The van der Waals surface area contributed by atoms with Crippen molar-refractivity contribution >= 4 is 39.1 Å². The van der Waals surface area contributed by atoms with Gasteiger partial charge in [0.2, 0.25) is 11.6 Å². The van der Waals surface area contributed by atoms with Crippen LogP contribution in [0.25, 0.3) is 26.5 Å². The van der Waals surface area contributed by atoms with Crippen molar-refractivity contribution in [3.8, 4) is 22.0 Å². The third-order valence-corrected chi connectivity index (χ3v) is 7.71. The summed E-state index contributed by atoms with van der Waals surface area (Å²) in [6.45, 7) is 2.07. The number of hydrogen-bond donors (Lipinski definition) is 2. The highest BCUT2D eigenvalue weighted by molar-refractivity contribution is 7.21. The standard InChI is InChI=1S/C28H23N5O5S/c1-16-3-12-21-24(13-16)39-26(30-21)17-4-6-18(7-5-17)32-25(34)14-22(27(32)35)29-15-23-28(36)38-31-33(23)19-8-10-20(37-2)11-9-19/h3-13,22,29H,14-15H2,1-2H3/p+1. The number of aromatic amines is 1. The van der Waals surface area contributed by atoms with Gasteiger partial charge in [0, 0.05) is 17.7 Å². The molecule has 3 aromatic carbocycles. The van der Waals surface area contributed by atoms with E-state index in [9.17, 15) is 14.4 Å². The number of fused-ring (bicyclic) bond motifs is 1. The number of carbonyl (C=O) groups is 2. The summed E-state index contributed by atoms with van der Waals surface area (Å²) in [6.07, 6.45) is -0.0178. The van der Waals surface area contributed by atoms with Crippen LogP contribution < -0.4 is 25.3 Å². The molecule has 6 rings (SSSR count). The number of H-pyrrole nitrogens is 1. The van der Waals surface area contributed by atoms with Gasteiger partial charge in [0.25, 0.3) is 5.91 Å². The quantitative estimate of drug-likeness (QED) is 0.239. The third kappa shape index (κ3) is 4.62. The van der Waals surface area contributed by atoms with Crippen molar-refractivity contribution < 1.29 is 23.5 Å². The highest BCUT2D eigenvalue weighted by Crippen LogP contribution is 2.32. The first-order valence-corrected chi connectivity index (χ1v) is 13.1. The maximum absolute atomic E-state index is 13.2. The molecule has 0 radical (unpaired) electrons. The van der Waals surface area contributed by atoms with Crippen molar-refractivity contribution in [3.63, 3.8) is 0 Å². The number of thiazole rings is 1. The van der Waals surface area contributed by atoms with Gasteiger partial charge in [0.15, 0.2) is 0 Å². The Bertz CT molecular complexity index is 1750. The molecular weight excluding hydrogens is 518 g/mol. The summed E-state index contributed by atoms with van der Waals surface area (Å²) in [5.74, 6) is -0.0211. The smallest absolute Gasteiger partial charge is 0.431 e. The number of amides is 2. The number of imide groups is 1. The molecule has 0 saturated carbocycles. The number of methoxy groups -OCH3 is 1. The minimum absolute atomic E-state index is 0.0178. The van der Waals surface area contributed by atoms with Crippen LogP contribution >= 0.6 is 11.3 Å². The minimum Gasteiger partial charge on any atom is -0.497 e. The third-order valence-electron chi connectivity index (χ3n) is 6.64. The van der Waals surface area contributed by atoms with Crippen molar-refractivity contribution in [2.75, 3.05) is 12.0 Å². The number of anilines is 1. The van der Waals surface area contributed by atoms with Crippen molar-refractivity contribution in [3.05, 3.63) is 88.4 Å². The Balaban J connectivity index is 1.17. The van der Waals surface area contributed by atoms with E-state index >= 15 is 0 Å². The van der Waals surface area contributed by atoms with Gasteiger partial charge in [-0.1, -0.05) is 6.07 Å². The summed E-state index contributed by atoms with van der Waals surface area (Å²) >= 11 is 1.60. The van der Waals surface area contributed by atoms with E-state index in [0.717, 1.165) is 20.8 Å². The normalized spacial score (nSPS) is 15.4. The lowest BCUT2D eigenvalue weighted by atomic mass is 10.2. The van der Waals surface area contributed by atoms with Crippen LogP contribution in [0.5, 0.6) is 5.75 Å². The molecule has 3 heterocycles. The van der Waals surface area contributed by atoms with Crippen molar-refractivity contribution in [1.29, 1.82) is 0 Å². The Hall–Kier alpha value is -4.61. The first-order chi connectivity index (χ1) is 18.9. The van der Waals surface area contributed by atoms with Gasteiger partial charge >= 0.3 is 11.3 Å². The summed E-state index contributed by atoms with van der Waals surface area (Å²) in [5, 5.41) is 6.49.